The molecule has 0 unspecified atom stereocenters. The molecule has 0 aromatic carbocycles. The Kier molecular flexibility index (Phi) is 2.96. The fraction of sp³-hybridized carbons (Fsp3) is 0.500. The predicted octanol–water partition coefficient (Wildman–Crippen LogP) is 1.59. The number of hydrogen-bond acceptors (Lipinski definition) is 5. The lowest BCUT2D eigenvalue weighted by molar-refractivity contribution is -0.142. The molecular weight excluding hydrogens is 310 g/mol. The Morgan fingerprint density at radius 2 is 2.04 bits per heavy atom. The van der Waals surface area contributed by atoms with Crippen LogP contribution in [0.1, 0.15) is 57.4 Å². The monoisotopic (exact) mass is 327 g/mol. The molecule has 6 heteroatoms. The molecular formula is C18H17NO5. The van der Waals surface area contributed by atoms with Crippen molar-refractivity contribution in [1.82, 2.24) is 4.57 Å². The molecule has 0 N–H and O–H groups in total. The molecule has 2 atom stereocenters. The van der Waals surface area contributed by atoms with Crippen LogP contribution < -0.4 is 0 Å². The highest BCUT2D eigenvalue weighted by molar-refractivity contribution is 6.41. The Labute approximate surface area is 139 Å². The summed E-state index contributed by atoms with van der Waals surface area (Å²) in [5, 5.41) is 0. The third-order valence-electron chi connectivity index (χ3n) is 5.27. The minimum atomic E-state index is -0.945. The van der Waals surface area contributed by atoms with Gasteiger partial charge in [-0.1, -0.05) is 5.92 Å². The van der Waals surface area contributed by atoms with Crippen molar-refractivity contribution in [3.05, 3.63) is 22.5 Å². The van der Waals surface area contributed by atoms with Crippen LogP contribution in [-0.2, 0) is 20.7 Å². The molecule has 1 aromatic rings. The van der Waals surface area contributed by atoms with Crippen LogP contribution in [0.15, 0.2) is 0 Å². The van der Waals surface area contributed by atoms with Gasteiger partial charge in [0, 0.05) is 24.6 Å². The van der Waals surface area contributed by atoms with Gasteiger partial charge in [0.1, 0.15) is 5.69 Å². The Hall–Kier alpha value is -2.55. The number of hydrogen-bond donors (Lipinski definition) is 0. The van der Waals surface area contributed by atoms with Gasteiger partial charge in [-0.05, 0) is 31.2 Å². The highest BCUT2D eigenvalue weighted by Crippen LogP contribution is 2.54. The Morgan fingerprint density at radius 1 is 1.33 bits per heavy atom. The first kappa shape index (κ1) is 15.0. The number of fused-ring (bicyclic) bond motifs is 3. The van der Waals surface area contributed by atoms with Crippen molar-refractivity contribution in [3.63, 3.8) is 0 Å². The number of esters is 2. The van der Waals surface area contributed by atoms with Gasteiger partial charge in [0.05, 0.1) is 12.7 Å². The van der Waals surface area contributed by atoms with Gasteiger partial charge in [-0.15, -0.1) is 6.42 Å². The summed E-state index contributed by atoms with van der Waals surface area (Å²) in [6.45, 7) is 1.67. The number of terminal acetylenes is 1. The standard InChI is InChI=1S/C18H17NO5/c1-4-18(5-6-18)24-17(22)15(20)13-9(2)14(16(21)23-3)19-11-7-10(11)8-12(13)19/h1,10-11H,5-8H2,2-3H3/t10-,11-/m1/s1. The summed E-state index contributed by atoms with van der Waals surface area (Å²) in [5.41, 5.74) is 0.945. The molecule has 124 valence electrons. The summed E-state index contributed by atoms with van der Waals surface area (Å²) >= 11 is 0. The van der Waals surface area contributed by atoms with E-state index in [1.54, 1.807) is 6.92 Å². The summed E-state index contributed by atoms with van der Waals surface area (Å²) in [5.74, 6) is 0.703. The lowest BCUT2D eigenvalue weighted by Crippen LogP contribution is -2.25. The third-order valence-corrected chi connectivity index (χ3v) is 5.27. The van der Waals surface area contributed by atoms with Crippen molar-refractivity contribution in [2.45, 2.75) is 44.2 Å². The van der Waals surface area contributed by atoms with E-state index in [9.17, 15) is 14.4 Å². The van der Waals surface area contributed by atoms with E-state index in [4.69, 9.17) is 15.9 Å². The predicted molar refractivity (Wildman–Crippen MR) is 82.6 cm³/mol. The largest absolute Gasteiger partial charge is 0.464 e. The van der Waals surface area contributed by atoms with Crippen LogP contribution in [0.25, 0.3) is 0 Å². The molecule has 0 saturated heterocycles. The van der Waals surface area contributed by atoms with Crippen molar-refractivity contribution >= 4 is 17.7 Å². The van der Waals surface area contributed by atoms with Crippen molar-refractivity contribution < 1.29 is 23.9 Å². The average Bonchev–Trinajstić information content (AvgIpc) is 3.45. The van der Waals surface area contributed by atoms with Gasteiger partial charge >= 0.3 is 11.9 Å². The maximum Gasteiger partial charge on any atom is 0.381 e. The Balaban J connectivity index is 1.72. The van der Waals surface area contributed by atoms with Gasteiger partial charge in [0.15, 0.2) is 5.60 Å². The van der Waals surface area contributed by atoms with Crippen LogP contribution in [0.2, 0.25) is 0 Å². The number of carbonyl (C=O) groups is 3. The third kappa shape index (κ3) is 1.94. The van der Waals surface area contributed by atoms with E-state index in [1.165, 1.54) is 7.11 Å². The summed E-state index contributed by atoms with van der Waals surface area (Å²) in [6.07, 6.45) is 8.19. The second-order valence-electron chi connectivity index (χ2n) is 6.78. The fourth-order valence-corrected chi connectivity index (χ4v) is 3.72. The van der Waals surface area contributed by atoms with Gasteiger partial charge in [-0.2, -0.15) is 0 Å². The zero-order valence-electron chi connectivity index (χ0n) is 13.5. The summed E-state index contributed by atoms with van der Waals surface area (Å²) in [7, 11) is 1.31. The summed E-state index contributed by atoms with van der Waals surface area (Å²) in [4.78, 5) is 37.1. The van der Waals surface area contributed by atoms with Crippen LogP contribution in [0, 0.1) is 25.2 Å². The van der Waals surface area contributed by atoms with E-state index in [0.29, 0.717) is 36.4 Å². The first-order valence-corrected chi connectivity index (χ1v) is 8.00. The van der Waals surface area contributed by atoms with Crippen LogP contribution in [0.4, 0.5) is 0 Å². The molecule has 2 heterocycles. The molecule has 2 aliphatic carbocycles. The van der Waals surface area contributed by atoms with E-state index >= 15 is 0 Å². The van der Waals surface area contributed by atoms with Crippen molar-refractivity contribution in [1.29, 1.82) is 0 Å². The Morgan fingerprint density at radius 3 is 2.62 bits per heavy atom. The first-order valence-electron chi connectivity index (χ1n) is 8.00. The topological polar surface area (TPSA) is 74.6 Å². The number of ether oxygens (including phenoxy) is 2. The van der Waals surface area contributed by atoms with Gasteiger partial charge in [-0.3, -0.25) is 4.79 Å². The maximum atomic E-state index is 12.7. The molecule has 6 nitrogen and oxygen atoms in total. The summed E-state index contributed by atoms with van der Waals surface area (Å²) < 4.78 is 11.9. The SMILES string of the molecule is C#CC1(OC(=O)C(=O)c2c(C)c(C(=O)OC)n3c2C[C@H]2C[C@H]23)CC1. The molecule has 0 amide bonds. The number of methoxy groups -OCH3 is 1. The van der Waals surface area contributed by atoms with E-state index in [1.807, 2.05) is 4.57 Å². The van der Waals surface area contributed by atoms with Crippen molar-refractivity contribution in [2.75, 3.05) is 7.11 Å². The molecule has 24 heavy (non-hydrogen) atoms. The maximum absolute atomic E-state index is 12.7. The van der Waals surface area contributed by atoms with Gasteiger partial charge in [0.2, 0.25) is 0 Å². The van der Waals surface area contributed by atoms with E-state index < -0.39 is 23.3 Å². The number of Topliss-reactive ketones (excluding diaryl/α,β-unsaturated/α-hetero) is 1. The van der Waals surface area contributed by atoms with Gasteiger partial charge in [-0.25, -0.2) is 9.59 Å². The zero-order valence-corrected chi connectivity index (χ0v) is 13.5. The molecule has 1 aromatic heterocycles. The second kappa shape index (κ2) is 4.73. The number of aromatic nitrogens is 1. The Bertz CT molecular complexity index is 837. The normalized spacial score (nSPS) is 24.4. The average molecular weight is 327 g/mol. The van der Waals surface area contributed by atoms with Gasteiger partial charge < -0.3 is 14.0 Å². The molecule has 0 radical (unpaired) electrons. The number of rotatable bonds is 4. The number of nitrogens with zero attached hydrogens (tertiary/aromatic N) is 1. The fourth-order valence-electron chi connectivity index (χ4n) is 3.72. The van der Waals surface area contributed by atoms with Crippen molar-refractivity contribution in [3.8, 4) is 12.3 Å². The number of carbonyl (C=O) groups excluding carboxylic acids is 3. The highest BCUT2D eigenvalue weighted by Gasteiger charge is 2.51. The van der Waals surface area contributed by atoms with Crippen LogP contribution in [0.3, 0.4) is 0 Å². The van der Waals surface area contributed by atoms with Gasteiger partial charge in [0.25, 0.3) is 5.78 Å². The minimum Gasteiger partial charge on any atom is -0.464 e. The molecule has 2 saturated carbocycles. The van der Waals surface area contributed by atoms with Crippen LogP contribution in [0.5, 0.6) is 0 Å². The number of ketones is 1. The second-order valence-corrected chi connectivity index (χ2v) is 6.78. The highest BCUT2D eigenvalue weighted by atomic mass is 16.6. The lowest BCUT2D eigenvalue weighted by atomic mass is 10.0. The quantitative estimate of drug-likeness (QED) is 0.363. The molecule has 0 bridgehead atoms. The van der Waals surface area contributed by atoms with E-state index in [0.717, 1.165) is 12.1 Å². The van der Waals surface area contributed by atoms with Crippen LogP contribution >= 0.6 is 0 Å². The van der Waals surface area contributed by atoms with E-state index in [2.05, 4.69) is 5.92 Å². The molecule has 3 aliphatic rings. The van der Waals surface area contributed by atoms with E-state index in [-0.39, 0.29) is 11.6 Å². The van der Waals surface area contributed by atoms with Crippen molar-refractivity contribution in [2.24, 2.45) is 5.92 Å². The molecule has 1 aliphatic heterocycles. The minimum absolute atomic E-state index is 0.228. The zero-order chi connectivity index (χ0) is 17.2. The lowest BCUT2D eigenvalue weighted by Gasteiger charge is -2.10. The van der Waals surface area contributed by atoms with Crippen LogP contribution in [-0.4, -0.2) is 35.0 Å². The molecule has 0 spiro atoms. The molecule has 4 rings (SSSR count). The summed E-state index contributed by atoms with van der Waals surface area (Å²) in [6, 6.07) is 0.228. The first-order chi connectivity index (χ1) is 11.4. The molecule has 2 fully saturated rings. The smallest absolute Gasteiger partial charge is 0.381 e.